The van der Waals surface area contributed by atoms with E-state index in [2.05, 4.69) is 19.6 Å². The van der Waals surface area contributed by atoms with Crippen LogP contribution in [0.2, 0.25) is 0 Å². The van der Waals surface area contributed by atoms with Gasteiger partial charge in [-0.3, -0.25) is 4.98 Å². The molecule has 13 heteroatoms. The standard InChI is InChI=1S/C21H16F5N3O4S/c22-20(23,24)19-15-3-1-2-4-16(15)29(28-19)13-8-14(10-27-9-13)32-33-34-11-12-5-6-17-18(7-12)31-21(25,26)30-17/h5-10H,1-4,11H2. The topological polar surface area (TPSA) is 67.6 Å². The normalized spacial score (nSPS) is 16.4. The monoisotopic (exact) mass is 501 g/mol. The molecule has 1 aromatic carbocycles. The summed E-state index contributed by atoms with van der Waals surface area (Å²) in [6.07, 6.45) is -3.24. The highest BCUT2D eigenvalue weighted by molar-refractivity contribution is 7.93. The van der Waals surface area contributed by atoms with E-state index in [0.717, 1.165) is 18.5 Å². The molecule has 3 heterocycles. The van der Waals surface area contributed by atoms with Crippen molar-refractivity contribution in [2.75, 3.05) is 0 Å². The first kappa shape index (κ1) is 22.7. The Morgan fingerprint density at radius 3 is 2.68 bits per heavy atom. The first-order valence-electron chi connectivity index (χ1n) is 10.2. The number of rotatable bonds is 6. The van der Waals surface area contributed by atoms with Crippen LogP contribution >= 0.6 is 12.0 Å². The molecule has 0 N–H and O–H groups in total. The number of nitrogens with zero attached hydrogens (tertiary/aromatic N) is 3. The molecule has 0 saturated heterocycles. The van der Waals surface area contributed by atoms with Gasteiger partial charge in [0, 0.05) is 35.1 Å². The van der Waals surface area contributed by atoms with Crippen molar-refractivity contribution in [2.24, 2.45) is 0 Å². The van der Waals surface area contributed by atoms with E-state index < -0.39 is 18.2 Å². The zero-order valence-corrected chi connectivity index (χ0v) is 18.1. The zero-order valence-electron chi connectivity index (χ0n) is 17.3. The Morgan fingerprint density at radius 2 is 1.85 bits per heavy atom. The van der Waals surface area contributed by atoms with E-state index in [1.54, 1.807) is 6.07 Å². The van der Waals surface area contributed by atoms with Gasteiger partial charge in [0.25, 0.3) is 0 Å². The molecular weight excluding hydrogens is 485 g/mol. The molecule has 0 atom stereocenters. The summed E-state index contributed by atoms with van der Waals surface area (Å²) in [5.74, 6) is 0.246. The third kappa shape index (κ3) is 4.62. The Kier molecular flexibility index (Phi) is 5.76. The largest absolute Gasteiger partial charge is 0.586 e. The average molecular weight is 501 g/mol. The van der Waals surface area contributed by atoms with Crippen LogP contribution in [0.3, 0.4) is 0 Å². The van der Waals surface area contributed by atoms with Crippen molar-refractivity contribution in [3.63, 3.8) is 0 Å². The Bertz CT molecular complexity index is 1220. The molecule has 0 fully saturated rings. The predicted octanol–water partition coefficient (Wildman–Crippen LogP) is 5.65. The molecular formula is C21H16F5N3O4S. The molecule has 1 aliphatic carbocycles. The highest BCUT2D eigenvalue weighted by Crippen LogP contribution is 2.42. The van der Waals surface area contributed by atoms with E-state index >= 15 is 0 Å². The number of fused-ring (bicyclic) bond motifs is 2. The fourth-order valence-electron chi connectivity index (χ4n) is 3.85. The number of pyridine rings is 1. The molecule has 2 aromatic heterocycles. The second-order valence-electron chi connectivity index (χ2n) is 7.63. The molecule has 3 aromatic rings. The van der Waals surface area contributed by atoms with Crippen LogP contribution < -0.4 is 14.4 Å². The van der Waals surface area contributed by atoms with E-state index in [9.17, 15) is 22.0 Å². The Labute approximate surface area is 193 Å². The number of alkyl halides is 5. The van der Waals surface area contributed by atoms with E-state index in [4.69, 9.17) is 9.22 Å². The lowest BCUT2D eigenvalue weighted by Crippen LogP contribution is -2.25. The number of benzene rings is 1. The van der Waals surface area contributed by atoms with Gasteiger partial charge in [-0.2, -0.15) is 18.3 Å². The van der Waals surface area contributed by atoms with Crippen LogP contribution in [0.1, 0.15) is 35.4 Å². The molecule has 180 valence electrons. The van der Waals surface area contributed by atoms with E-state index in [1.165, 1.54) is 35.3 Å². The van der Waals surface area contributed by atoms with E-state index in [-0.39, 0.29) is 28.6 Å². The summed E-state index contributed by atoms with van der Waals surface area (Å²) < 4.78 is 81.7. The van der Waals surface area contributed by atoms with Crippen molar-refractivity contribution < 1.29 is 40.6 Å². The third-order valence-electron chi connectivity index (χ3n) is 5.26. The fraction of sp³-hybridized carbons (Fsp3) is 0.333. The maximum Gasteiger partial charge on any atom is 0.586 e. The molecule has 7 nitrogen and oxygen atoms in total. The molecule has 1 aliphatic heterocycles. The van der Waals surface area contributed by atoms with Gasteiger partial charge >= 0.3 is 12.5 Å². The highest BCUT2D eigenvalue weighted by Gasteiger charge is 2.43. The summed E-state index contributed by atoms with van der Waals surface area (Å²) in [5.41, 5.74) is 0.793. The number of hydrogen-bond donors (Lipinski definition) is 0. The molecule has 34 heavy (non-hydrogen) atoms. The highest BCUT2D eigenvalue weighted by atomic mass is 32.2. The minimum atomic E-state index is -4.54. The molecule has 0 bridgehead atoms. The molecule has 0 radical (unpaired) electrons. The van der Waals surface area contributed by atoms with E-state index in [0.29, 0.717) is 36.2 Å². The van der Waals surface area contributed by atoms with E-state index in [1.807, 2.05) is 0 Å². The Hall–Kier alpha value is -3.06. The number of ether oxygens (including phenoxy) is 2. The smallest absolute Gasteiger partial charge is 0.395 e. The quantitative estimate of drug-likeness (QED) is 0.142. The number of halogens is 5. The fourth-order valence-corrected chi connectivity index (χ4v) is 4.34. The predicted molar refractivity (Wildman–Crippen MR) is 109 cm³/mol. The van der Waals surface area contributed by atoms with Gasteiger partial charge in [-0.15, -0.1) is 13.1 Å². The van der Waals surface area contributed by atoms with Crippen molar-refractivity contribution >= 4 is 12.0 Å². The van der Waals surface area contributed by atoms with Gasteiger partial charge in [0.1, 0.15) is 0 Å². The number of hydrogen-bond acceptors (Lipinski definition) is 7. The lowest BCUT2D eigenvalue weighted by atomic mass is 9.95. The third-order valence-corrected chi connectivity index (χ3v) is 5.88. The maximum atomic E-state index is 13.5. The average Bonchev–Trinajstić information content (AvgIpc) is 3.33. The van der Waals surface area contributed by atoms with Crippen LogP contribution in [0.15, 0.2) is 36.7 Å². The lowest BCUT2D eigenvalue weighted by Gasteiger charge is -2.14. The summed E-state index contributed by atoms with van der Waals surface area (Å²) in [6.45, 7) is 0. The summed E-state index contributed by atoms with van der Waals surface area (Å²) in [7, 11) is 0. The summed E-state index contributed by atoms with van der Waals surface area (Å²) >= 11 is 0.873. The second kappa shape index (κ2) is 8.62. The lowest BCUT2D eigenvalue weighted by molar-refractivity contribution is -0.286. The zero-order chi connectivity index (χ0) is 23.9. The molecule has 0 spiro atoms. The summed E-state index contributed by atoms with van der Waals surface area (Å²) in [6, 6.07) is 5.80. The molecule has 5 rings (SSSR count). The molecule has 0 saturated carbocycles. The molecule has 0 amide bonds. The SMILES string of the molecule is FC1(F)Oc2ccc(CSOOc3cncc(-n4nc(C(F)(F)F)c5c4CCCC5)c3)cc2O1. The van der Waals surface area contributed by atoms with Crippen molar-refractivity contribution in [1.29, 1.82) is 0 Å². The van der Waals surface area contributed by atoms with Crippen LogP contribution in [-0.2, 0) is 29.1 Å². The maximum absolute atomic E-state index is 13.5. The van der Waals surface area contributed by atoms with Crippen LogP contribution in [0.5, 0.6) is 17.2 Å². The minimum absolute atomic E-state index is 0.0618. The van der Waals surface area contributed by atoms with Crippen molar-refractivity contribution in [2.45, 2.75) is 43.9 Å². The summed E-state index contributed by atoms with van der Waals surface area (Å²) in [4.78, 5) is 9.21. The van der Waals surface area contributed by atoms with Gasteiger partial charge < -0.3 is 14.4 Å². The first-order chi connectivity index (χ1) is 16.2. The van der Waals surface area contributed by atoms with Crippen molar-refractivity contribution in [1.82, 2.24) is 14.8 Å². The van der Waals surface area contributed by atoms with Crippen LogP contribution in [0.25, 0.3) is 5.69 Å². The molecule has 2 aliphatic rings. The minimum Gasteiger partial charge on any atom is -0.395 e. The summed E-state index contributed by atoms with van der Waals surface area (Å²) in [5, 5.41) is 3.82. The van der Waals surface area contributed by atoms with Crippen molar-refractivity contribution in [3.05, 3.63) is 59.2 Å². The van der Waals surface area contributed by atoms with Gasteiger partial charge in [-0.25, -0.2) is 4.68 Å². The first-order valence-corrected chi connectivity index (χ1v) is 11.1. The number of aromatic nitrogens is 3. The second-order valence-corrected chi connectivity index (χ2v) is 8.29. The Balaban J connectivity index is 1.24. The van der Waals surface area contributed by atoms with Gasteiger partial charge in [0.05, 0.1) is 18.1 Å². The van der Waals surface area contributed by atoms with Crippen LogP contribution in [0.4, 0.5) is 22.0 Å². The Morgan fingerprint density at radius 1 is 1.06 bits per heavy atom. The van der Waals surface area contributed by atoms with Gasteiger partial charge in [0.2, 0.25) is 0 Å². The molecule has 0 unspecified atom stereocenters. The van der Waals surface area contributed by atoms with Crippen LogP contribution in [0, 0.1) is 0 Å². The van der Waals surface area contributed by atoms with Gasteiger partial charge in [-0.1, -0.05) is 6.07 Å². The van der Waals surface area contributed by atoms with Gasteiger partial charge in [0.15, 0.2) is 22.9 Å². The van der Waals surface area contributed by atoms with Gasteiger partial charge in [-0.05, 0) is 43.4 Å². The van der Waals surface area contributed by atoms with Crippen molar-refractivity contribution in [3.8, 4) is 22.9 Å². The van der Waals surface area contributed by atoms with Crippen LogP contribution in [-0.4, -0.2) is 21.1 Å².